The molecule has 0 atom stereocenters. The van der Waals surface area contributed by atoms with Crippen LogP contribution in [0.5, 0.6) is 0 Å². The zero-order valence-corrected chi connectivity index (χ0v) is 14.0. The van der Waals surface area contributed by atoms with Crippen molar-refractivity contribution in [2.75, 3.05) is 17.3 Å². The highest BCUT2D eigenvalue weighted by molar-refractivity contribution is 6.11. The average Bonchev–Trinajstić information content (AvgIpc) is 2.77. The van der Waals surface area contributed by atoms with Gasteiger partial charge in [0.25, 0.3) is 0 Å². The van der Waals surface area contributed by atoms with E-state index in [1.165, 1.54) is 6.21 Å². The fourth-order valence-electron chi connectivity index (χ4n) is 2.98. The molecule has 0 saturated heterocycles. The van der Waals surface area contributed by atoms with Crippen LogP contribution in [-0.2, 0) is 10.2 Å². The van der Waals surface area contributed by atoms with Crippen molar-refractivity contribution in [1.29, 1.82) is 5.41 Å². The SMILES string of the molecule is CN1C(=O)C(C)(C)c2ccc(/C(C=N)=C/Nc3cccnc3)cc21. The Morgan fingerprint density at radius 1 is 1.33 bits per heavy atom. The minimum Gasteiger partial charge on any atom is -0.360 e. The molecule has 5 heteroatoms. The Morgan fingerprint density at radius 3 is 2.79 bits per heavy atom. The molecule has 2 N–H and O–H groups in total. The Bertz CT molecular complexity index is 825. The van der Waals surface area contributed by atoms with Crippen molar-refractivity contribution in [1.82, 2.24) is 4.98 Å². The zero-order chi connectivity index (χ0) is 17.3. The van der Waals surface area contributed by atoms with Crippen LogP contribution in [-0.4, -0.2) is 24.2 Å². The summed E-state index contributed by atoms with van der Waals surface area (Å²) >= 11 is 0. The van der Waals surface area contributed by atoms with Gasteiger partial charge in [-0.1, -0.05) is 12.1 Å². The van der Waals surface area contributed by atoms with Gasteiger partial charge in [-0.05, 0) is 43.2 Å². The van der Waals surface area contributed by atoms with Gasteiger partial charge < -0.3 is 15.6 Å². The fraction of sp³-hybridized carbons (Fsp3) is 0.211. The van der Waals surface area contributed by atoms with E-state index in [0.29, 0.717) is 0 Å². The van der Waals surface area contributed by atoms with E-state index in [2.05, 4.69) is 10.3 Å². The molecule has 0 aliphatic carbocycles. The Kier molecular flexibility index (Phi) is 3.93. The monoisotopic (exact) mass is 320 g/mol. The van der Waals surface area contributed by atoms with Crippen LogP contribution < -0.4 is 10.2 Å². The molecule has 5 nitrogen and oxygen atoms in total. The van der Waals surface area contributed by atoms with Gasteiger partial charge >= 0.3 is 0 Å². The van der Waals surface area contributed by atoms with Gasteiger partial charge in [0.05, 0.1) is 17.3 Å². The van der Waals surface area contributed by atoms with Gasteiger partial charge in [-0.3, -0.25) is 9.78 Å². The summed E-state index contributed by atoms with van der Waals surface area (Å²) in [5.41, 5.74) is 3.88. The molecule has 1 aliphatic heterocycles. The number of allylic oxidation sites excluding steroid dienone is 1. The molecule has 0 radical (unpaired) electrons. The van der Waals surface area contributed by atoms with Gasteiger partial charge in [0.2, 0.25) is 5.91 Å². The maximum atomic E-state index is 12.4. The number of anilines is 2. The topological polar surface area (TPSA) is 69.1 Å². The standard InChI is InChI=1S/C19H20N4O/c1-19(2)16-7-6-13(9-17(16)23(3)18(19)24)14(10-20)11-22-15-5-4-8-21-12-15/h4-12,20,22H,1-3H3/b14-11+,20-10?. The first-order valence-corrected chi connectivity index (χ1v) is 7.75. The summed E-state index contributed by atoms with van der Waals surface area (Å²) in [6.07, 6.45) is 6.50. The Balaban J connectivity index is 1.95. The first-order valence-electron chi connectivity index (χ1n) is 7.75. The van der Waals surface area contributed by atoms with E-state index in [0.717, 1.165) is 28.1 Å². The second-order valence-electron chi connectivity index (χ2n) is 6.35. The summed E-state index contributed by atoms with van der Waals surface area (Å²) in [5.74, 6) is 0.0866. The van der Waals surface area contributed by atoms with E-state index in [-0.39, 0.29) is 5.91 Å². The van der Waals surface area contributed by atoms with Crippen LogP contribution >= 0.6 is 0 Å². The highest BCUT2D eigenvalue weighted by atomic mass is 16.2. The number of likely N-dealkylation sites (N-methyl/N-ethyl adjacent to an activating group) is 1. The van der Waals surface area contributed by atoms with Crippen LogP contribution in [0, 0.1) is 5.41 Å². The lowest BCUT2D eigenvalue weighted by atomic mass is 9.85. The molecule has 0 fully saturated rings. The van der Waals surface area contributed by atoms with Crippen molar-refractivity contribution in [3.8, 4) is 0 Å². The van der Waals surface area contributed by atoms with Gasteiger partial charge in [0, 0.05) is 36.9 Å². The molecule has 0 unspecified atom stereocenters. The molecule has 0 saturated carbocycles. The first kappa shape index (κ1) is 15.9. The number of hydrogen-bond acceptors (Lipinski definition) is 4. The second kappa shape index (κ2) is 5.92. The second-order valence-corrected chi connectivity index (χ2v) is 6.35. The lowest BCUT2D eigenvalue weighted by molar-refractivity contribution is -0.121. The Morgan fingerprint density at radius 2 is 2.12 bits per heavy atom. The molecule has 1 amide bonds. The van der Waals surface area contributed by atoms with E-state index in [9.17, 15) is 4.79 Å². The highest BCUT2D eigenvalue weighted by Gasteiger charge is 2.42. The number of carbonyl (C=O) groups is 1. The van der Waals surface area contributed by atoms with Crippen molar-refractivity contribution < 1.29 is 4.79 Å². The Labute approximate surface area is 141 Å². The molecule has 1 aromatic carbocycles. The third-order valence-electron chi connectivity index (χ3n) is 4.42. The average molecular weight is 320 g/mol. The minimum absolute atomic E-state index is 0.0866. The molecule has 122 valence electrons. The van der Waals surface area contributed by atoms with E-state index in [1.54, 1.807) is 30.5 Å². The molecule has 3 rings (SSSR count). The van der Waals surface area contributed by atoms with Crippen molar-refractivity contribution in [2.24, 2.45) is 0 Å². The molecular weight excluding hydrogens is 300 g/mol. The normalized spacial score (nSPS) is 16.0. The maximum absolute atomic E-state index is 12.4. The van der Waals surface area contributed by atoms with Crippen LogP contribution in [0.15, 0.2) is 48.9 Å². The van der Waals surface area contributed by atoms with Gasteiger partial charge in [-0.15, -0.1) is 0 Å². The lowest BCUT2D eigenvalue weighted by Gasteiger charge is -2.16. The van der Waals surface area contributed by atoms with Gasteiger partial charge in [-0.2, -0.15) is 0 Å². The summed E-state index contributed by atoms with van der Waals surface area (Å²) in [6, 6.07) is 9.65. The largest absolute Gasteiger partial charge is 0.360 e. The van der Waals surface area contributed by atoms with E-state index in [1.807, 2.05) is 44.2 Å². The number of aromatic nitrogens is 1. The maximum Gasteiger partial charge on any atom is 0.236 e. The molecule has 0 bridgehead atoms. The predicted molar refractivity (Wildman–Crippen MR) is 97.5 cm³/mol. The van der Waals surface area contributed by atoms with Crippen LogP contribution in [0.2, 0.25) is 0 Å². The van der Waals surface area contributed by atoms with Gasteiger partial charge in [0.1, 0.15) is 0 Å². The van der Waals surface area contributed by atoms with Gasteiger partial charge in [0.15, 0.2) is 0 Å². The van der Waals surface area contributed by atoms with Crippen LogP contribution in [0.25, 0.3) is 5.57 Å². The number of rotatable bonds is 4. The number of carbonyl (C=O) groups excluding carboxylic acids is 1. The summed E-state index contributed by atoms with van der Waals surface area (Å²) in [5, 5.41) is 10.8. The Hall–Kier alpha value is -2.95. The predicted octanol–water partition coefficient (Wildman–Crippen LogP) is 3.44. The molecule has 0 spiro atoms. The van der Waals surface area contributed by atoms with E-state index >= 15 is 0 Å². The van der Waals surface area contributed by atoms with Crippen molar-refractivity contribution in [3.05, 3.63) is 60.1 Å². The zero-order valence-electron chi connectivity index (χ0n) is 14.0. The molecule has 1 aromatic heterocycles. The van der Waals surface area contributed by atoms with Crippen molar-refractivity contribution in [2.45, 2.75) is 19.3 Å². The molecular formula is C19H20N4O. The highest BCUT2D eigenvalue weighted by Crippen LogP contribution is 2.41. The molecule has 2 aromatic rings. The molecule has 2 heterocycles. The van der Waals surface area contributed by atoms with Crippen molar-refractivity contribution in [3.63, 3.8) is 0 Å². The number of nitrogens with one attached hydrogen (secondary N) is 2. The summed E-state index contributed by atoms with van der Waals surface area (Å²) in [6.45, 7) is 3.88. The van der Waals surface area contributed by atoms with Crippen molar-refractivity contribution >= 4 is 29.1 Å². The van der Waals surface area contributed by atoms with Crippen LogP contribution in [0.1, 0.15) is 25.0 Å². The first-order chi connectivity index (χ1) is 11.4. The number of benzene rings is 1. The minimum atomic E-state index is -0.509. The summed E-state index contributed by atoms with van der Waals surface area (Å²) in [4.78, 5) is 18.1. The number of nitrogens with zero attached hydrogens (tertiary/aromatic N) is 2. The molecule has 24 heavy (non-hydrogen) atoms. The third-order valence-corrected chi connectivity index (χ3v) is 4.42. The van der Waals surface area contributed by atoms with E-state index < -0.39 is 5.41 Å². The van der Waals surface area contributed by atoms with Gasteiger partial charge in [-0.25, -0.2) is 0 Å². The fourth-order valence-corrected chi connectivity index (χ4v) is 2.98. The van der Waals surface area contributed by atoms with E-state index in [4.69, 9.17) is 5.41 Å². The summed E-state index contributed by atoms with van der Waals surface area (Å²) in [7, 11) is 1.79. The smallest absolute Gasteiger partial charge is 0.236 e. The van der Waals surface area contributed by atoms with Crippen LogP contribution in [0.3, 0.4) is 0 Å². The number of pyridine rings is 1. The number of hydrogen-bond donors (Lipinski definition) is 2. The van der Waals surface area contributed by atoms with Crippen LogP contribution in [0.4, 0.5) is 11.4 Å². The quantitative estimate of drug-likeness (QED) is 0.848. The summed E-state index contributed by atoms with van der Waals surface area (Å²) < 4.78 is 0. The third kappa shape index (κ3) is 2.58. The molecule has 1 aliphatic rings. The number of fused-ring (bicyclic) bond motifs is 1. The number of amides is 1. The lowest BCUT2D eigenvalue weighted by Crippen LogP contribution is -2.33.